The summed E-state index contributed by atoms with van der Waals surface area (Å²) in [6.45, 7) is 8.93. The van der Waals surface area contributed by atoms with Gasteiger partial charge in [-0.15, -0.1) is 0 Å². The molecule has 1 saturated carbocycles. The molecule has 2 nitrogen and oxygen atoms in total. The zero-order valence-corrected chi connectivity index (χ0v) is 12.1. The van der Waals surface area contributed by atoms with Crippen molar-refractivity contribution < 1.29 is 0 Å². The van der Waals surface area contributed by atoms with E-state index in [-0.39, 0.29) is 0 Å². The minimum atomic E-state index is 0.876. The van der Waals surface area contributed by atoms with Crippen LogP contribution in [0.2, 0.25) is 0 Å². The first-order valence-corrected chi connectivity index (χ1v) is 7.94. The fourth-order valence-corrected chi connectivity index (χ4v) is 3.31. The van der Waals surface area contributed by atoms with Gasteiger partial charge in [-0.2, -0.15) is 0 Å². The third-order valence-corrected chi connectivity index (χ3v) is 4.47. The van der Waals surface area contributed by atoms with Crippen LogP contribution in [0.3, 0.4) is 0 Å². The molecule has 3 heteroatoms. The van der Waals surface area contributed by atoms with Crippen molar-refractivity contribution in [3.05, 3.63) is 0 Å². The van der Waals surface area contributed by atoms with Crippen LogP contribution in [0.1, 0.15) is 32.6 Å². The van der Waals surface area contributed by atoms with E-state index in [1.807, 2.05) is 0 Å². The van der Waals surface area contributed by atoms with Crippen LogP contribution in [0, 0.1) is 5.92 Å². The van der Waals surface area contributed by atoms with Crippen LogP contribution in [0.15, 0.2) is 0 Å². The molecule has 1 unspecified atom stereocenters. The molecular weight excluding hydrogens is 264 g/mol. The predicted molar refractivity (Wildman–Crippen MR) is 73.2 cm³/mol. The third-order valence-electron chi connectivity index (χ3n) is 4.01. The minimum Gasteiger partial charge on any atom is -0.301 e. The lowest BCUT2D eigenvalue weighted by Gasteiger charge is -2.35. The van der Waals surface area contributed by atoms with E-state index in [4.69, 9.17) is 0 Å². The number of hydrogen-bond acceptors (Lipinski definition) is 2. The van der Waals surface area contributed by atoms with Crippen LogP contribution >= 0.6 is 15.9 Å². The SMILES string of the molecule is CC(CCBr)CCN1CCN(C2CC2)CC1. The van der Waals surface area contributed by atoms with Crippen molar-refractivity contribution in [2.45, 2.75) is 38.6 Å². The average Bonchev–Trinajstić information content (AvgIpc) is 3.11. The lowest BCUT2D eigenvalue weighted by molar-refractivity contribution is 0.121. The molecule has 0 radical (unpaired) electrons. The minimum absolute atomic E-state index is 0.876. The lowest BCUT2D eigenvalue weighted by Crippen LogP contribution is -2.47. The summed E-state index contributed by atoms with van der Waals surface area (Å²) in [6.07, 6.45) is 5.61. The molecule has 0 bridgehead atoms. The molecule has 1 aliphatic heterocycles. The van der Waals surface area contributed by atoms with Crippen molar-refractivity contribution in [2.24, 2.45) is 5.92 Å². The quantitative estimate of drug-likeness (QED) is 0.693. The van der Waals surface area contributed by atoms with Crippen molar-refractivity contribution in [1.29, 1.82) is 0 Å². The summed E-state index contributed by atoms with van der Waals surface area (Å²) in [4.78, 5) is 5.35. The van der Waals surface area contributed by atoms with Crippen molar-refractivity contribution in [2.75, 3.05) is 38.1 Å². The highest BCUT2D eigenvalue weighted by Crippen LogP contribution is 2.27. The molecule has 2 fully saturated rings. The highest BCUT2D eigenvalue weighted by atomic mass is 79.9. The molecule has 2 aliphatic rings. The maximum atomic E-state index is 3.53. The van der Waals surface area contributed by atoms with Gasteiger partial charge in [0.2, 0.25) is 0 Å². The number of halogens is 1. The summed E-state index contributed by atoms with van der Waals surface area (Å²) >= 11 is 3.53. The van der Waals surface area contributed by atoms with Crippen LogP contribution in [0.25, 0.3) is 0 Å². The Labute approximate surface area is 108 Å². The average molecular weight is 289 g/mol. The van der Waals surface area contributed by atoms with Gasteiger partial charge >= 0.3 is 0 Å². The summed E-state index contributed by atoms with van der Waals surface area (Å²) in [5, 5.41) is 1.16. The number of rotatable bonds is 6. The molecule has 0 spiro atoms. The Morgan fingerprint density at radius 2 is 1.81 bits per heavy atom. The monoisotopic (exact) mass is 288 g/mol. The fraction of sp³-hybridized carbons (Fsp3) is 1.00. The standard InChI is InChI=1S/C13H25BrN2/c1-12(4-6-14)5-7-15-8-10-16(11-9-15)13-2-3-13/h12-13H,2-11H2,1H3. The van der Waals surface area contributed by atoms with E-state index in [2.05, 4.69) is 32.7 Å². The second-order valence-corrected chi connectivity index (χ2v) is 6.27. The largest absolute Gasteiger partial charge is 0.301 e. The van der Waals surface area contributed by atoms with Crippen LogP contribution in [0.5, 0.6) is 0 Å². The summed E-state index contributed by atoms with van der Waals surface area (Å²) in [7, 11) is 0. The van der Waals surface area contributed by atoms with Crippen LogP contribution in [-0.2, 0) is 0 Å². The molecule has 2 rings (SSSR count). The van der Waals surface area contributed by atoms with Gasteiger partial charge in [-0.25, -0.2) is 0 Å². The summed E-state index contributed by atoms with van der Waals surface area (Å²) in [5.41, 5.74) is 0. The highest BCUT2D eigenvalue weighted by Gasteiger charge is 2.30. The Morgan fingerprint density at radius 3 is 2.38 bits per heavy atom. The van der Waals surface area contributed by atoms with E-state index < -0.39 is 0 Å². The van der Waals surface area contributed by atoms with Gasteiger partial charge in [-0.05, 0) is 38.1 Å². The van der Waals surface area contributed by atoms with Gasteiger partial charge in [0, 0.05) is 37.6 Å². The van der Waals surface area contributed by atoms with Crippen LogP contribution < -0.4 is 0 Å². The number of piperazine rings is 1. The molecule has 0 N–H and O–H groups in total. The van der Waals surface area contributed by atoms with Crippen LogP contribution in [-0.4, -0.2) is 53.9 Å². The Bertz CT molecular complexity index is 198. The molecule has 1 aliphatic carbocycles. The van der Waals surface area contributed by atoms with Gasteiger partial charge in [-0.3, -0.25) is 4.90 Å². The van der Waals surface area contributed by atoms with Gasteiger partial charge in [0.1, 0.15) is 0 Å². The molecule has 0 amide bonds. The topological polar surface area (TPSA) is 6.48 Å². The van der Waals surface area contributed by atoms with Crippen LogP contribution in [0.4, 0.5) is 0 Å². The first-order chi connectivity index (χ1) is 7.79. The predicted octanol–water partition coefficient (Wildman–Crippen LogP) is 2.58. The first kappa shape index (κ1) is 12.8. The Kier molecular flexibility index (Phi) is 5.11. The van der Waals surface area contributed by atoms with Crippen molar-refractivity contribution >= 4 is 15.9 Å². The third kappa shape index (κ3) is 4.01. The lowest BCUT2D eigenvalue weighted by atomic mass is 10.0. The molecule has 94 valence electrons. The molecule has 0 aromatic carbocycles. The summed E-state index contributed by atoms with van der Waals surface area (Å²) in [5.74, 6) is 0.876. The van der Waals surface area contributed by atoms with Crippen molar-refractivity contribution in [3.8, 4) is 0 Å². The number of hydrogen-bond donors (Lipinski definition) is 0. The number of alkyl halides is 1. The second kappa shape index (κ2) is 6.36. The molecule has 1 atom stereocenters. The second-order valence-electron chi connectivity index (χ2n) is 5.48. The number of nitrogens with zero attached hydrogens (tertiary/aromatic N) is 2. The van der Waals surface area contributed by atoms with Gasteiger partial charge in [0.15, 0.2) is 0 Å². The Balaban J connectivity index is 1.57. The van der Waals surface area contributed by atoms with Crippen molar-refractivity contribution in [1.82, 2.24) is 9.80 Å². The van der Waals surface area contributed by atoms with E-state index in [1.54, 1.807) is 0 Å². The van der Waals surface area contributed by atoms with E-state index in [0.29, 0.717) is 0 Å². The Morgan fingerprint density at radius 1 is 1.12 bits per heavy atom. The molecule has 16 heavy (non-hydrogen) atoms. The zero-order chi connectivity index (χ0) is 11.4. The van der Waals surface area contributed by atoms with Gasteiger partial charge in [0.05, 0.1) is 0 Å². The maximum Gasteiger partial charge on any atom is 0.0113 e. The van der Waals surface area contributed by atoms with Gasteiger partial charge < -0.3 is 4.90 Å². The summed E-state index contributed by atoms with van der Waals surface area (Å²) in [6, 6.07) is 0.967. The van der Waals surface area contributed by atoms with E-state index >= 15 is 0 Å². The zero-order valence-electron chi connectivity index (χ0n) is 10.5. The van der Waals surface area contributed by atoms with Gasteiger partial charge in [-0.1, -0.05) is 22.9 Å². The summed E-state index contributed by atoms with van der Waals surface area (Å²) < 4.78 is 0. The maximum absolute atomic E-state index is 3.53. The molecular formula is C13H25BrN2. The molecule has 1 heterocycles. The van der Waals surface area contributed by atoms with Gasteiger partial charge in [0.25, 0.3) is 0 Å². The molecule has 1 saturated heterocycles. The smallest absolute Gasteiger partial charge is 0.0113 e. The first-order valence-electron chi connectivity index (χ1n) is 6.82. The Hall–Kier alpha value is 0.400. The fourth-order valence-electron chi connectivity index (χ4n) is 2.53. The van der Waals surface area contributed by atoms with E-state index in [9.17, 15) is 0 Å². The van der Waals surface area contributed by atoms with E-state index in [1.165, 1.54) is 58.4 Å². The van der Waals surface area contributed by atoms with Crippen molar-refractivity contribution in [3.63, 3.8) is 0 Å². The normalized spacial score (nSPS) is 25.9. The molecule has 0 aromatic rings. The highest BCUT2D eigenvalue weighted by molar-refractivity contribution is 9.09. The molecule has 0 aromatic heterocycles. The van der Waals surface area contributed by atoms with E-state index in [0.717, 1.165) is 17.3 Å².